The predicted molar refractivity (Wildman–Crippen MR) is 69.1 cm³/mol. The second-order valence-corrected chi connectivity index (χ2v) is 4.50. The number of anilines is 2. The van der Waals surface area contributed by atoms with Crippen LogP contribution >= 0.6 is 0 Å². The first-order chi connectivity index (χ1) is 8.29. The number of hydrogen-bond acceptors (Lipinski definition) is 5. The van der Waals surface area contributed by atoms with Crippen molar-refractivity contribution in [1.82, 2.24) is 15.2 Å². The summed E-state index contributed by atoms with van der Waals surface area (Å²) in [6, 6.07) is 0. The van der Waals surface area contributed by atoms with Crippen LogP contribution in [0.15, 0.2) is 18.9 Å². The Kier molecular flexibility index (Phi) is 3.90. The van der Waals surface area contributed by atoms with Crippen molar-refractivity contribution >= 4 is 11.8 Å². The summed E-state index contributed by atoms with van der Waals surface area (Å²) in [7, 11) is 0. The first kappa shape index (κ1) is 11.8. The zero-order valence-corrected chi connectivity index (χ0v) is 10.3. The van der Waals surface area contributed by atoms with Crippen molar-refractivity contribution in [1.29, 1.82) is 0 Å². The summed E-state index contributed by atoms with van der Waals surface area (Å²) in [6.45, 7) is 8.66. The number of rotatable bonds is 4. The van der Waals surface area contributed by atoms with E-state index in [1.165, 1.54) is 12.8 Å². The molecule has 1 unspecified atom stereocenters. The summed E-state index contributed by atoms with van der Waals surface area (Å²) in [4.78, 5) is 6.67. The summed E-state index contributed by atoms with van der Waals surface area (Å²) in [5.74, 6) is 2.19. The average molecular weight is 233 g/mol. The second kappa shape index (κ2) is 5.61. The lowest BCUT2D eigenvalue weighted by Crippen LogP contribution is -2.35. The van der Waals surface area contributed by atoms with Crippen LogP contribution < -0.4 is 10.2 Å². The predicted octanol–water partition coefficient (Wildman–Crippen LogP) is 1.71. The third-order valence-electron chi connectivity index (χ3n) is 2.92. The van der Waals surface area contributed by atoms with E-state index in [9.17, 15) is 0 Å². The second-order valence-electron chi connectivity index (χ2n) is 4.50. The number of aromatic nitrogens is 3. The van der Waals surface area contributed by atoms with Gasteiger partial charge in [0.05, 0.1) is 6.20 Å². The van der Waals surface area contributed by atoms with E-state index >= 15 is 0 Å². The molecule has 0 aromatic carbocycles. The van der Waals surface area contributed by atoms with Gasteiger partial charge in [0.1, 0.15) is 0 Å². The molecule has 92 valence electrons. The Bertz CT molecular complexity index is 379. The molecule has 0 radical (unpaired) electrons. The van der Waals surface area contributed by atoms with Crippen LogP contribution in [-0.2, 0) is 0 Å². The van der Waals surface area contributed by atoms with E-state index in [-0.39, 0.29) is 0 Å². The molecule has 2 rings (SSSR count). The highest BCUT2D eigenvalue weighted by Gasteiger charge is 2.18. The molecule has 1 aliphatic rings. The number of nitrogens with one attached hydrogen (secondary N) is 1. The van der Waals surface area contributed by atoms with E-state index in [0.717, 1.165) is 24.9 Å². The normalized spacial score (nSPS) is 20.1. The minimum atomic E-state index is 0.689. The minimum Gasteiger partial charge on any atom is -0.365 e. The van der Waals surface area contributed by atoms with E-state index in [0.29, 0.717) is 12.5 Å². The van der Waals surface area contributed by atoms with E-state index in [2.05, 4.69) is 38.9 Å². The summed E-state index contributed by atoms with van der Waals surface area (Å²) in [5, 5.41) is 11.2. The van der Waals surface area contributed by atoms with Crippen LogP contribution in [0.2, 0.25) is 0 Å². The van der Waals surface area contributed by atoms with Gasteiger partial charge in [-0.05, 0) is 18.8 Å². The Hall–Kier alpha value is -1.65. The van der Waals surface area contributed by atoms with Crippen LogP contribution in [0.3, 0.4) is 0 Å². The van der Waals surface area contributed by atoms with Gasteiger partial charge in [-0.2, -0.15) is 10.1 Å². The van der Waals surface area contributed by atoms with Gasteiger partial charge in [-0.1, -0.05) is 13.0 Å². The lowest BCUT2D eigenvalue weighted by atomic mass is 10.0. The summed E-state index contributed by atoms with van der Waals surface area (Å²) >= 11 is 0. The summed E-state index contributed by atoms with van der Waals surface area (Å²) < 4.78 is 0. The standard InChI is InChI=1S/C12H19N5/c1-3-6-13-11-8-14-16-12(15-11)17-7-4-5-10(2)9-17/h3,8,10H,1,4-7,9H2,2H3,(H,13,15,16). The molecule has 1 aromatic rings. The van der Waals surface area contributed by atoms with Gasteiger partial charge in [-0.15, -0.1) is 11.7 Å². The minimum absolute atomic E-state index is 0.689. The number of nitrogens with zero attached hydrogens (tertiary/aromatic N) is 4. The molecule has 1 aromatic heterocycles. The highest BCUT2D eigenvalue weighted by atomic mass is 15.3. The van der Waals surface area contributed by atoms with Crippen LogP contribution in [0.4, 0.5) is 11.8 Å². The SMILES string of the molecule is C=CCNc1cnnc(N2CCCC(C)C2)n1. The van der Waals surface area contributed by atoms with Crippen LogP contribution in [0.25, 0.3) is 0 Å². The van der Waals surface area contributed by atoms with Crippen molar-refractivity contribution < 1.29 is 0 Å². The molecule has 5 heteroatoms. The molecule has 1 saturated heterocycles. The molecule has 1 fully saturated rings. The quantitative estimate of drug-likeness (QED) is 0.802. The van der Waals surface area contributed by atoms with Crippen LogP contribution in [0, 0.1) is 5.92 Å². The van der Waals surface area contributed by atoms with E-state index in [1.54, 1.807) is 12.3 Å². The molecule has 1 atom stereocenters. The molecule has 1 aliphatic heterocycles. The first-order valence-electron chi connectivity index (χ1n) is 6.09. The monoisotopic (exact) mass is 233 g/mol. The van der Waals surface area contributed by atoms with Crippen LogP contribution in [0.1, 0.15) is 19.8 Å². The molecule has 17 heavy (non-hydrogen) atoms. The molecular weight excluding hydrogens is 214 g/mol. The van der Waals surface area contributed by atoms with Gasteiger partial charge in [0, 0.05) is 19.6 Å². The Balaban J connectivity index is 2.06. The van der Waals surface area contributed by atoms with Crippen molar-refractivity contribution in [3.63, 3.8) is 0 Å². The van der Waals surface area contributed by atoms with Crippen molar-refractivity contribution in [2.24, 2.45) is 5.92 Å². The molecule has 5 nitrogen and oxygen atoms in total. The van der Waals surface area contributed by atoms with Crippen molar-refractivity contribution in [3.05, 3.63) is 18.9 Å². The fourth-order valence-corrected chi connectivity index (χ4v) is 2.06. The zero-order valence-electron chi connectivity index (χ0n) is 10.3. The molecule has 0 aliphatic carbocycles. The maximum Gasteiger partial charge on any atom is 0.247 e. The molecule has 1 N–H and O–H groups in total. The fourth-order valence-electron chi connectivity index (χ4n) is 2.06. The molecular formula is C12H19N5. The van der Waals surface area contributed by atoms with Gasteiger partial charge in [-0.3, -0.25) is 0 Å². The van der Waals surface area contributed by atoms with Gasteiger partial charge in [0.2, 0.25) is 5.95 Å². The highest BCUT2D eigenvalue weighted by molar-refractivity contribution is 5.39. The summed E-state index contributed by atoms with van der Waals surface area (Å²) in [6.07, 6.45) is 5.93. The van der Waals surface area contributed by atoms with Crippen molar-refractivity contribution in [2.45, 2.75) is 19.8 Å². The lowest BCUT2D eigenvalue weighted by Gasteiger charge is -2.30. The van der Waals surface area contributed by atoms with Gasteiger partial charge in [0.15, 0.2) is 5.82 Å². The number of piperidine rings is 1. The molecule has 0 bridgehead atoms. The van der Waals surface area contributed by atoms with Gasteiger partial charge in [0.25, 0.3) is 0 Å². The number of hydrogen-bond donors (Lipinski definition) is 1. The first-order valence-corrected chi connectivity index (χ1v) is 6.09. The molecule has 2 heterocycles. The van der Waals surface area contributed by atoms with Crippen molar-refractivity contribution in [2.75, 3.05) is 29.9 Å². The van der Waals surface area contributed by atoms with Gasteiger partial charge < -0.3 is 10.2 Å². The van der Waals surface area contributed by atoms with E-state index < -0.39 is 0 Å². The van der Waals surface area contributed by atoms with Crippen LogP contribution in [0.5, 0.6) is 0 Å². The summed E-state index contributed by atoms with van der Waals surface area (Å²) in [5.41, 5.74) is 0. The van der Waals surface area contributed by atoms with Gasteiger partial charge >= 0.3 is 0 Å². The zero-order chi connectivity index (χ0) is 12.1. The van der Waals surface area contributed by atoms with Crippen LogP contribution in [-0.4, -0.2) is 34.8 Å². The highest BCUT2D eigenvalue weighted by Crippen LogP contribution is 2.19. The Morgan fingerprint density at radius 2 is 2.53 bits per heavy atom. The van der Waals surface area contributed by atoms with E-state index in [1.807, 2.05) is 0 Å². The third kappa shape index (κ3) is 3.15. The van der Waals surface area contributed by atoms with Gasteiger partial charge in [-0.25, -0.2) is 0 Å². The largest absolute Gasteiger partial charge is 0.365 e. The molecule has 0 saturated carbocycles. The smallest absolute Gasteiger partial charge is 0.247 e. The topological polar surface area (TPSA) is 53.9 Å². The maximum atomic E-state index is 4.46. The Labute approximate surface area is 102 Å². The van der Waals surface area contributed by atoms with Crippen molar-refractivity contribution in [3.8, 4) is 0 Å². The van der Waals surface area contributed by atoms with E-state index in [4.69, 9.17) is 0 Å². The maximum absolute atomic E-state index is 4.46. The fraction of sp³-hybridized carbons (Fsp3) is 0.583. The average Bonchev–Trinajstić information content (AvgIpc) is 2.37. The Morgan fingerprint density at radius 3 is 3.29 bits per heavy atom. The lowest BCUT2D eigenvalue weighted by molar-refractivity contribution is 0.441. The molecule has 0 spiro atoms. The Morgan fingerprint density at radius 1 is 1.65 bits per heavy atom. The molecule has 0 amide bonds. The third-order valence-corrected chi connectivity index (χ3v) is 2.92.